The largest absolute Gasteiger partial charge is 0.461 e. The number of carbonyl (C=O) groups excluding carboxylic acids is 1. The van der Waals surface area contributed by atoms with Crippen LogP contribution in [0.25, 0.3) is 0 Å². The normalized spacial score (nSPS) is 23.5. The zero-order chi connectivity index (χ0) is 12.7. The van der Waals surface area contributed by atoms with Crippen LogP contribution in [0.2, 0.25) is 0 Å². The Balaban J connectivity index is 2.50. The van der Waals surface area contributed by atoms with Crippen molar-refractivity contribution in [3.63, 3.8) is 0 Å². The molecule has 1 aliphatic carbocycles. The van der Waals surface area contributed by atoms with E-state index in [1.807, 2.05) is 0 Å². The Kier molecular flexibility index (Phi) is 7.02. The van der Waals surface area contributed by atoms with E-state index in [2.05, 4.69) is 28.6 Å². The van der Waals surface area contributed by atoms with E-state index in [4.69, 9.17) is 9.26 Å². The van der Waals surface area contributed by atoms with E-state index in [-0.39, 0.29) is 17.4 Å². The summed E-state index contributed by atoms with van der Waals surface area (Å²) in [6.45, 7) is 4.05. The molecule has 0 radical (unpaired) electrons. The number of rotatable bonds is 5. The van der Waals surface area contributed by atoms with Crippen molar-refractivity contribution in [1.29, 1.82) is 0 Å². The van der Waals surface area contributed by atoms with E-state index in [0.717, 1.165) is 31.0 Å². The zero-order valence-corrected chi connectivity index (χ0v) is 12.6. The first kappa shape index (κ1) is 14.9. The number of hydrogen-bond donors (Lipinski definition) is 0. The van der Waals surface area contributed by atoms with Crippen molar-refractivity contribution in [2.45, 2.75) is 25.4 Å². The second-order valence-corrected chi connectivity index (χ2v) is 5.54. The molecule has 0 bridgehead atoms. The van der Waals surface area contributed by atoms with E-state index in [0.29, 0.717) is 8.81 Å². The van der Waals surface area contributed by atoms with Gasteiger partial charge in [0.1, 0.15) is 11.4 Å². The van der Waals surface area contributed by atoms with Gasteiger partial charge in [0, 0.05) is 28.5 Å². The van der Waals surface area contributed by atoms with Gasteiger partial charge in [-0.25, -0.2) is 0 Å². The number of halogens is 1. The molecule has 0 saturated heterocycles. The summed E-state index contributed by atoms with van der Waals surface area (Å²) in [6.07, 6.45) is 5.63. The van der Waals surface area contributed by atoms with Crippen LogP contribution in [0.15, 0.2) is 23.8 Å². The lowest BCUT2D eigenvalue weighted by Crippen LogP contribution is -2.23. The van der Waals surface area contributed by atoms with Gasteiger partial charge in [-0.1, -0.05) is 34.2 Å². The third kappa shape index (κ3) is 5.33. The number of allylic oxidation sites excluding steroid dienone is 2. The van der Waals surface area contributed by atoms with Crippen LogP contribution in [-0.4, -0.2) is 30.7 Å². The molecule has 0 amide bonds. The molecule has 17 heavy (non-hydrogen) atoms. The molecule has 1 aliphatic rings. The smallest absolute Gasteiger partial charge is 0.316 e. The summed E-state index contributed by atoms with van der Waals surface area (Å²) in [7, 11) is 2.19. The van der Waals surface area contributed by atoms with Crippen molar-refractivity contribution in [1.82, 2.24) is 0 Å². The van der Waals surface area contributed by atoms with Gasteiger partial charge in [-0.15, -0.1) is 0 Å². The van der Waals surface area contributed by atoms with Crippen LogP contribution < -0.4 is 0 Å². The van der Waals surface area contributed by atoms with Crippen molar-refractivity contribution >= 4 is 30.7 Å². The minimum atomic E-state index is -0.194. The molecule has 5 heteroatoms. The number of hydrogen-bond acceptors (Lipinski definition) is 3. The first-order valence-corrected chi connectivity index (χ1v) is 7.79. The highest BCUT2D eigenvalue weighted by atomic mass is 79.9. The Labute approximate surface area is 113 Å². The third-order valence-corrected chi connectivity index (χ3v) is 3.77. The molecule has 1 rings (SSSR count). The van der Waals surface area contributed by atoms with Gasteiger partial charge in [0.25, 0.3) is 0 Å². The summed E-state index contributed by atoms with van der Waals surface area (Å²) in [5.41, 5.74) is 2.38. The highest BCUT2D eigenvalue weighted by Crippen LogP contribution is 2.30. The molecule has 1 saturated carbocycles. The lowest BCUT2D eigenvalue weighted by atomic mass is 9.88. The maximum absolute atomic E-state index is 11.2. The second-order valence-electron chi connectivity index (χ2n) is 3.87. The van der Waals surface area contributed by atoms with E-state index < -0.39 is 0 Å². The van der Waals surface area contributed by atoms with E-state index in [9.17, 15) is 4.79 Å². The van der Waals surface area contributed by atoms with Crippen LogP contribution in [0.4, 0.5) is 0 Å². The lowest BCUT2D eigenvalue weighted by molar-refractivity contribution is -0.146. The second kappa shape index (κ2) is 8.02. The van der Waals surface area contributed by atoms with Gasteiger partial charge in [-0.05, 0) is 18.4 Å². The summed E-state index contributed by atoms with van der Waals surface area (Å²) in [6, 6.07) is 0. The first-order valence-electron chi connectivity index (χ1n) is 5.55. The van der Waals surface area contributed by atoms with Crippen molar-refractivity contribution in [2.24, 2.45) is 0 Å². The number of carbonyl (C=O) groups is 1. The molecule has 0 aromatic rings. The molecule has 3 nitrogen and oxygen atoms in total. The summed E-state index contributed by atoms with van der Waals surface area (Å²) in [5, 5.41) is 0.258. The maximum Gasteiger partial charge on any atom is 0.316 e. The minimum Gasteiger partial charge on any atom is -0.461 e. The zero-order valence-electron chi connectivity index (χ0n) is 10.0. The van der Waals surface area contributed by atoms with Gasteiger partial charge in [0.05, 0.1) is 0 Å². The first-order chi connectivity index (χ1) is 8.17. The molecule has 0 heterocycles. The minimum absolute atomic E-state index is 0.00248. The average molecular weight is 321 g/mol. The number of ether oxygens (including phenoxy) is 1. The standard InChI is InChI=1S/C12H18BrO3P/c1-9-3-4-11(16-12(14)8-13)7-10(9)5-6-17-15-2/h5,11,17H,1,3-4,6-8H2,2H3/b10-5-/t11-/m0/s1. The Hall–Kier alpha value is -0.180. The van der Waals surface area contributed by atoms with E-state index in [1.165, 1.54) is 5.57 Å². The van der Waals surface area contributed by atoms with Crippen LogP contribution >= 0.6 is 24.7 Å². The Bertz CT molecular complexity index is 315. The van der Waals surface area contributed by atoms with Gasteiger partial charge in [0.2, 0.25) is 0 Å². The molecule has 0 N–H and O–H groups in total. The highest BCUT2D eigenvalue weighted by molar-refractivity contribution is 9.09. The van der Waals surface area contributed by atoms with Gasteiger partial charge in [0.15, 0.2) is 0 Å². The predicted molar refractivity (Wildman–Crippen MR) is 74.9 cm³/mol. The highest BCUT2D eigenvalue weighted by Gasteiger charge is 2.22. The average Bonchev–Trinajstić information content (AvgIpc) is 2.33. The van der Waals surface area contributed by atoms with Crippen LogP contribution in [0.5, 0.6) is 0 Å². The van der Waals surface area contributed by atoms with Crippen molar-refractivity contribution in [3.05, 3.63) is 23.8 Å². The molecular weight excluding hydrogens is 303 g/mol. The van der Waals surface area contributed by atoms with Gasteiger partial charge in [-0.3, -0.25) is 4.79 Å². The van der Waals surface area contributed by atoms with E-state index >= 15 is 0 Å². The van der Waals surface area contributed by atoms with Crippen LogP contribution in [0.3, 0.4) is 0 Å². The fourth-order valence-electron chi connectivity index (χ4n) is 1.78. The summed E-state index contributed by atoms with van der Waals surface area (Å²) in [5.74, 6) is -0.194. The Morgan fingerprint density at radius 3 is 3.12 bits per heavy atom. The molecule has 2 atom stereocenters. The molecule has 0 aromatic heterocycles. The Morgan fingerprint density at radius 2 is 2.47 bits per heavy atom. The van der Waals surface area contributed by atoms with Gasteiger partial charge in [-0.2, -0.15) is 0 Å². The van der Waals surface area contributed by atoms with Crippen molar-refractivity contribution < 1.29 is 14.1 Å². The van der Waals surface area contributed by atoms with Crippen LogP contribution in [0.1, 0.15) is 19.3 Å². The maximum atomic E-state index is 11.2. The third-order valence-electron chi connectivity index (χ3n) is 2.65. The molecular formula is C12H18BrO3P. The fourth-order valence-corrected chi connectivity index (χ4v) is 2.41. The molecule has 1 fully saturated rings. The fraction of sp³-hybridized carbons (Fsp3) is 0.583. The molecule has 96 valence electrons. The number of alkyl halides is 1. The van der Waals surface area contributed by atoms with Crippen LogP contribution in [0, 0.1) is 0 Å². The topological polar surface area (TPSA) is 35.5 Å². The lowest BCUT2D eigenvalue weighted by Gasteiger charge is -2.26. The molecule has 0 spiro atoms. The SMILES string of the molecule is C=C1CC[C@H](OC(=O)CBr)C/C1=C/CPOC. The Morgan fingerprint density at radius 1 is 1.71 bits per heavy atom. The van der Waals surface area contributed by atoms with Crippen molar-refractivity contribution in [3.8, 4) is 0 Å². The summed E-state index contributed by atoms with van der Waals surface area (Å²) >= 11 is 3.10. The quantitative estimate of drug-likeness (QED) is 0.338. The summed E-state index contributed by atoms with van der Waals surface area (Å²) < 4.78 is 10.4. The van der Waals surface area contributed by atoms with Gasteiger partial charge < -0.3 is 9.26 Å². The monoisotopic (exact) mass is 320 g/mol. The summed E-state index contributed by atoms with van der Waals surface area (Å²) in [4.78, 5) is 11.2. The molecule has 0 aliphatic heterocycles. The van der Waals surface area contributed by atoms with Gasteiger partial charge >= 0.3 is 5.97 Å². The van der Waals surface area contributed by atoms with Crippen molar-refractivity contribution in [2.75, 3.05) is 18.6 Å². The molecule has 1 unspecified atom stereocenters. The van der Waals surface area contributed by atoms with E-state index in [1.54, 1.807) is 7.11 Å². The number of esters is 1. The van der Waals surface area contributed by atoms with Crippen LogP contribution in [-0.2, 0) is 14.1 Å². The molecule has 0 aromatic carbocycles. The predicted octanol–water partition coefficient (Wildman–Crippen LogP) is 3.20.